The van der Waals surface area contributed by atoms with Gasteiger partial charge in [0.1, 0.15) is 17.1 Å². The molecule has 1 atom stereocenters. The highest BCUT2D eigenvalue weighted by Crippen LogP contribution is 2.48. The highest BCUT2D eigenvalue weighted by molar-refractivity contribution is 6.31. The summed E-state index contributed by atoms with van der Waals surface area (Å²) in [6.45, 7) is 0.627. The van der Waals surface area contributed by atoms with Crippen LogP contribution in [-0.2, 0) is 6.54 Å². The second-order valence-corrected chi connectivity index (χ2v) is 7.00. The van der Waals surface area contributed by atoms with Gasteiger partial charge in [-0.05, 0) is 49.1 Å². The van der Waals surface area contributed by atoms with Crippen LogP contribution < -0.4 is 10.1 Å². The number of ether oxygens (including phenoxy) is 1. The van der Waals surface area contributed by atoms with Crippen LogP contribution in [0.25, 0.3) is 0 Å². The predicted octanol–water partition coefficient (Wildman–Crippen LogP) is 4.58. The third kappa shape index (κ3) is 2.79. The fraction of sp³-hybridized carbons (Fsp3) is 0.368. The van der Waals surface area contributed by atoms with Gasteiger partial charge in [-0.15, -0.1) is 0 Å². The molecule has 0 bridgehead atoms. The predicted molar refractivity (Wildman–Crippen MR) is 91.0 cm³/mol. The largest absolute Gasteiger partial charge is 0.508 e. The van der Waals surface area contributed by atoms with E-state index in [9.17, 15) is 5.11 Å². The number of halogens is 1. The number of fused-ring (bicyclic) bond motifs is 1. The van der Waals surface area contributed by atoms with Gasteiger partial charge in [0.2, 0.25) is 0 Å². The van der Waals surface area contributed by atoms with E-state index in [1.54, 1.807) is 18.2 Å². The molecule has 1 saturated carbocycles. The highest BCUT2D eigenvalue weighted by Gasteiger charge is 2.45. The van der Waals surface area contributed by atoms with Crippen LogP contribution in [-0.4, -0.2) is 10.7 Å². The summed E-state index contributed by atoms with van der Waals surface area (Å²) >= 11 is 6.23. The Hall–Kier alpha value is -1.71. The lowest BCUT2D eigenvalue weighted by Crippen LogP contribution is -2.49. The second kappa shape index (κ2) is 5.73. The fourth-order valence-electron chi connectivity index (χ4n) is 3.61. The van der Waals surface area contributed by atoms with Gasteiger partial charge >= 0.3 is 0 Å². The summed E-state index contributed by atoms with van der Waals surface area (Å²) < 4.78 is 6.27. The fourth-order valence-corrected chi connectivity index (χ4v) is 3.79. The van der Waals surface area contributed by atoms with Crippen LogP contribution in [0.15, 0.2) is 42.5 Å². The zero-order valence-electron chi connectivity index (χ0n) is 12.9. The van der Waals surface area contributed by atoms with Crippen LogP contribution in [0, 0.1) is 0 Å². The monoisotopic (exact) mass is 329 g/mol. The van der Waals surface area contributed by atoms with Crippen molar-refractivity contribution < 1.29 is 9.84 Å². The van der Waals surface area contributed by atoms with E-state index in [1.165, 1.54) is 12.0 Å². The standard InChI is InChI=1S/C19H20ClNO2/c20-16-7-6-14(22)10-13(16)12-21-17-11-19(8-3-9-19)23-18-5-2-1-4-15(17)18/h1-2,4-7,10,17,21-22H,3,8-9,11-12H2. The average molecular weight is 330 g/mol. The Morgan fingerprint density at radius 3 is 2.83 bits per heavy atom. The normalized spacial score (nSPS) is 21.3. The number of hydrogen-bond donors (Lipinski definition) is 2. The second-order valence-electron chi connectivity index (χ2n) is 6.59. The number of aromatic hydroxyl groups is 1. The summed E-state index contributed by atoms with van der Waals surface area (Å²) in [4.78, 5) is 0. The third-order valence-electron chi connectivity index (χ3n) is 5.03. The first kappa shape index (κ1) is 14.9. The van der Waals surface area contributed by atoms with E-state index in [0.29, 0.717) is 11.6 Å². The average Bonchev–Trinajstić information content (AvgIpc) is 2.53. The number of benzene rings is 2. The molecule has 2 N–H and O–H groups in total. The van der Waals surface area contributed by atoms with E-state index in [-0.39, 0.29) is 17.4 Å². The lowest BCUT2D eigenvalue weighted by molar-refractivity contribution is -0.0371. The number of rotatable bonds is 3. The Morgan fingerprint density at radius 2 is 2.04 bits per heavy atom. The Morgan fingerprint density at radius 1 is 1.22 bits per heavy atom. The van der Waals surface area contributed by atoms with Crippen LogP contribution in [0.5, 0.6) is 11.5 Å². The molecule has 23 heavy (non-hydrogen) atoms. The van der Waals surface area contributed by atoms with Crippen LogP contribution in [0.1, 0.15) is 42.9 Å². The minimum atomic E-state index is 0.00857. The molecule has 3 nitrogen and oxygen atoms in total. The molecule has 0 saturated heterocycles. The molecule has 1 spiro atoms. The highest BCUT2D eigenvalue weighted by atomic mass is 35.5. The van der Waals surface area contributed by atoms with Crippen molar-refractivity contribution >= 4 is 11.6 Å². The molecule has 4 rings (SSSR count). The minimum absolute atomic E-state index is 0.00857. The maximum Gasteiger partial charge on any atom is 0.124 e. The van der Waals surface area contributed by atoms with Crippen molar-refractivity contribution in [2.24, 2.45) is 0 Å². The first-order valence-electron chi connectivity index (χ1n) is 8.14. The van der Waals surface area contributed by atoms with E-state index < -0.39 is 0 Å². The number of para-hydroxylation sites is 1. The van der Waals surface area contributed by atoms with Gasteiger partial charge in [0.05, 0.1) is 0 Å². The molecule has 2 aliphatic rings. The molecule has 0 radical (unpaired) electrons. The first-order chi connectivity index (χ1) is 11.2. The summed E-state index contributed by atoms with van der Waals surface area (Å²) in [6, 6.07) is 13.6. The van der Waals surface area contributed by atoms with Crippen molar-refractivity contribution in [3.63, 3.8) is 0 Å². The van der Waals surface area contributed by atoms with E-state index in [4.69, 9.17) is 16.3 Å². The zero-order chi connectivity index (χ0) is 15.9. The first-order valence-corrected chi connectivity index (χ1v) is 8.52. The SMILES string of the molecule is Oc1ccc(Cl)c(CNC2CC3(CCC3)Oc3ccccc32)c1. The van der Waals surface area contributed by atoms with Gasteiger partial charge in [0.25, 0.3) is 0 Å². The summed E-state index contributed by atoms with van der Waals surface area (Å²) in [5, 5.41) is 13.9. The summed E-state index contributed by atoms with van der Waals surface area (Å²) in [5.41, 5.74) is 2.13. The van der Waals surface area contributed by atoms with Gasteiger partial charge in [-0.3, -0.25) is 0 Å². The maximum absolute atomic E-state index is 9.66. The van der Waals surface area contributed by atoms with Crippen molar-refractivity contribution in [3.8, 4) is 11.5 Å². The van der Waals surface area contributed by atoms with Crippen LogP contribution >= 0.6 is 11.6 Å². The van der Waals surface area contributed by atoms with Crippen LogP contribution in [0.4, 0.5) is 0 Å². The summed E-state index contributed by atoms with van der Waals surface area (Å²) in [6.07, 6.45) is 4.49. The molecule has 2 aromatic carbocycles. The van der Waals surface area contributed by atoms with Crippen molar-refractivity contribution in [3.05, 3.63) is 58.6 Å². The molecule has 120 valence electrons. The Balaban J connectivity index is 1.57. The van der Waals surface area contributed by atoms with E-state index in [1.807, 2.05) is 6.07 Å². The zero-order valence-corrected chi connectivity index (χ0v) is 13.6. The van der Waals surface area contributed by atoms with E-state index >= 15 is 0 Å². The number of hydrogen-bond acceptors (Lipinski definition) is 3. The topological polar surface area (TPSA) is 41.5 Å². The minimum Gasteiger partial charge on any atom is -0.508 e. The molecule has 2 aromatic rings. The quantitative estimate of drug-likeness (QED) is 0.866. The molecular formula is C19H20ClNO2. The Labute approximate surface area is 141 Å². The lowest BCUT2D eigenvalue weighted by atomic mass is 9.73. The smallest absolute Gasteiger partial charge is 0.124 e. The molecule has 1 aliphatic carbocycles. The molecule has 1 fully saturated rings. The van der Waals surface area contributed by atoms with Gasteiger partial charge in [-0.1, -0.05) is 29.8 Å². The number of phenols is 1. The van der Waals surface area contributed by atoms with Crippen molar-refractivity contribution in [1.82, 2.24) is 5.32 Å². The molecule has 1 unspecified atom stereocenters. The van der Waals surface area contributed by atoms with E-state index in [2.05, 4.69) is 23.5 Å². The molecule has 0 amide bonds. The van der Waals surface area contributed by atoms with Crippen molar-refractivity contribution in [1.29, 1.82) is 0 Å². The van der Waals surface area contributed by atoms with Gasteiger partial charge in [-0.2, -0.15) is 0 Å². The molecule has 1 heterocycles. The molecule has 1 aliphatic heterocycles. The summed E-state index contributed by atoms with van der Waals surface area (Å²) in [5.74, 6) is 1.24. The van der Waals surface area contributed by atoms with Crippen molar-refractivity contribution in [2.45, 2.75) is 43.9 Å². The van der Waals surface area contributed by atoms with Crippen LogP contribution in [0.3, 0.4) is 0 Å². The van der Waals surface area contributed by atoms with Crippen LogP contribution in [0.2, 0.25) is 5.02 Å². The molecule has 4 heteroatoms. The summed E-state index contributed by atoms with van der Waals surface area (Å²) in [7, 11) is 0. The third-order valence-corrected chi connectivity index (χ3v) is 5.40. The van der Waals surface area contributed by atoms with Gasteiger partial charge < -0.3 is 15.2 Å². The Bertz CT molecular complexity index is 727. The van der Waals surface area contributed by atoms with Gasteiger partial charge in [0, 0.05) is 29.6 Å². The van der Waals surface area contributed by atoms with Gasteiger partial charge in [0.15, 0.2) is 0 Å². The number of phenolic OH excluding ortho intramolecular Hbond substituents is 1. The van der Waals surface area contributed by atoms with Crippen molar-refractivity contribution in [2.75, 3.05) is 0 Å². The van der Waals surface area contributed by atoms with Gasteiger partial charge in [-0.25, -0.2) is 0 Å². The number of nitrogens with one attached hydrogen (secondary N) is 1. The van der Waals surface area contributed by atoms with E-state index in [0.717, 1.165) is 30.6 Å². The lowest BCUT2D eigenvalue weighted by Gasteiger charge is -2.48. The Kier molecular flexibility index (Phi) is 3.70. The molecular weight excluding hydrogens is 310 g/mol. The maximum atomic E-state index is 9.66. The molecule has 0 aromatic heterocycles.